The highest BCUT2D eigenvalue weighted by Crippen LogP contribution is 2.60. The first-order chi connectivity index (χ1) is 21.5. The smallest absolute Gasteiger partial charge is 0.343 e. The Morgan fingerprint density at radius 1 is 0.822 bits per heavy atom. The summed E-state index contributed by atoms with van der Waals surface area (Å²) in [6, 6.07) is 16.4. The Balaban J connectivity index is 1.25. The van der Waals surface area contributed by atoms with Gasteiger partial charge in [0.2, 0.25) is 0 Å². The molecule has 45 heavy (non-hydrogen) atoms. The van der Waals surface area contributed by atoms with Gasteiger partial charge in [0.05, 0.1) is 34.6 Å². The average Bonchev–Trinajstić information content (AvgIpc) is 3.65. The maximum atomic E-state index is 13.9. The normalized spacial score (nSPS) is 24.9. The van der Waals surface area contributed by atoms with Gasteiger partial charge in [0.25, 0.3) is 17.7 Å². The maximum Gasteiger partial charge on any atom is 0.343 e. The van der Waals surface area contributed by atoms with Crippen LogP contribution in [0.1, 0.15) is 37.5 Å². The van der Waals surface area contributed by atoms with Crippen LogP contribution in [0.4, 0.5) is 0 Å². The van der Waals surface area contributed by atoms with Gasteiger partial charge in [-0.3, -0.25) is 19.2 Å². The number of halogens is 4. The molecule has 3 amide bonds. The van der Waals surface area contributed by atoms with E-state index in [0.29, 0.717) is 12.2 Å². The van der Waals surface area contributed by atoms with Crippen molar-refractivity contribution in [1.29, 1.82) is 0 Å². The highest BCUT2D eigenvalue weighted by Gasteiger charge is 2.67. The van der Waals surface area contributed by atoms with Gasteiger partial charge < -0.3 is 9.47 Å². The first kappa shape index (κ1) is 31.7. The third kappa shape index (κ3) is 5.68. The van der Waals surface area contributed by atoms with Crippen molar-refractivity contribution in [3.05, 3.63) is 93.5 Å². The van der Waals surface area contributed by atoms with E-state index in [1.807, 2.05) is 0 Å². The predicted molar refractivity (Wildman–Crippen MR) is 172 cm³/mol. The lowest BCUT2D eigenvalue weighted by molar-refractivity contribution is -0.154. The van der Waals surface area contributed by atoms with E-state index in [1.54, 1.807) is 18.2 Å². The highest BCUT2D eigenvalue weighted by molar-refractivity contribution is 9.12. The lowest BCUT2D eigenvalue weighted by Crippen LogP contribution is -2.52. The zero-order valence-corrected chi connectivity index (χ0v) is 28.2. The fraction of sp³-hybridized carbons (Fsp3) is 0.281. The van der Waals surface area contributed by atoms with Crippen molar-refractivity contribution in [3.8, 4) is 11.5 Å². The van der Waals surface area contributed by atoms with Crippen LogP contribution >= 0.6 is 55.1 Å². The molecule has 0 radical (unpaired) electrons. The van der Waals surface area contributed by atoms with Gasteiger partial charge in [-0.1, -0.05) is 61.1 Å². The zero-order chi connectivity index (χ0) is 32.2. The van der Waals surface area contributed by atoms with Gasteiger partial charge in [-0.2, -0.15) is 5.01 Å². The number of amides is 3. The quantitative estimate of drug-likeness (QED) is 0.0876. The number of ether oxygens (including phenoxy) is 2. The van der Waals surface area contributed by atoms with E-state index in [9.17, 15) is 24.0 Å². The summed E-state index contributed by atoms with van der Waals surface area (Å²) >= 11 is 19.6. The molecule has 2 saturated carbocycles. The molecule has 13 heteroatoms. The molecular weight excluding hydrogens is 755 g/mol. The fourth-order valence-corrected chi connectivity index (χ4v) is 8.61. The van der Waals surface area contributed by atoms with Gasteiger partial charge in [-0.05, 0) is 78.9 Å². The Morgan fingerprint density at radius 3 is 2.04 bits per heavy atom. The average molecular weight is 779 g/mol. The van der Waals surface area contributed by atoms with Crippen LogP contribution in [0.15, 0.2) is 66.7 Å². The molecule has 0 spiro atoms. The van der Waals surface area contributed by atoms with E-state index in [4.69, 9.17) is 32.7 Å². The largest absolute Gasteiger partial charge is 0.497 e. The Bertz CT molecular complexity index is 1700. The summed E-state index contributed by atoms with van der Waals surface area (Å²) in [7, 11) is 1.49. The number of imide groups is 1. The third-order valence-electron chi connectivity index (χ3n) is 8.59. The van der Waals surface area contributed by atoms with Gasteiger partial charge in [0.1, 0.15) is 18.0 Å². The molecular formula is C32H24Br2Cl2N2O7. The monoisotopic (exact) mass is 776 g/mol. The molecule has 3 fully saturated rings. The predicted octanol–water partition coefficient (Wildman–Crippen LogP) is 6.24. The molecule has 2 bridgehead atoms. The maximum absolute atomic E-state index is 13.9. The summed E-state index contributed by atoms with van der Waals surface area (Å²) in [5.41, 5.74) is 0.500. The van der Waals surface area contributed by atoms with Crippen molar-refractivity contribution in [1.82, 2.24) is 10.0 Å². The molecule has 9 nitrogen and oxygen atoms in total. The second kappa shape index (κ2) is 12.5. The summed E-state index contributed by atoms with van der Waals surface area (Å²) < 4.78 is 10.6. The summed E-state index contributed by atoms with van der Waals surface area (Å²) in [4.78, 5) is 67.7. The van der Waals surface area contributed by atoms with Crippen molar-refractivity contribution in [2.45, 2.75) is 16.1 Å². The van der Waals surface area contributed by atoms with Crippen LogP contribution in [0.2, 0.25) is 10.0 Å². The first-order valence-corrected chi connectivity index (χ1v) is 16.5. The lowest BCUT2D eigenvalue weighted by Gasteiger charge is -2.31. The Kier molecular flexibility index (Phi) is 8.82. The molecule has 6 atom stereocenters. The molecule has 0 aromatic heterocycles. The van der Waals surface area contributed by atoms with Crippen molar-refractivity contribution < 1.29 is 33.4 Å². The van der Waals surface area contributed by atoms with Crippen molar-refractivity contribution in [3.63, 3.8) is 0 Å². The second-order valence-corrected chi connectivity index (χ2v) is 14.0. The van der Waals surface area contributed by atoms with E-state index in [2.05, 4.69) is 31.9 Å². The number of methoxy groups -OCH3 is 1. The Hall–Kier alpha value is -3.25. The molecule has 0 unspecified atom stereocenters. The van der Waals surface area contributed by atoms with Crippen LogP contribution in [0.25, 0.3) is 0 Å². The Morgan fingerprint density at radius 2 is 1.44 bits per heavy atom. The van der Waals surface area contributed by atoms with Gasteiger partial charge >= 0.3 is 5.97 Å². The number of carbonyl (C=O) groups is 5. The number of nitrogens with zero attached hydrogens (tertiary/aromatic N) is 2. The molecule has 1 aliphatic heterocycles. The number of ketones is 1. The lowest BCUT2D eigenvalue weighted by atomic mass is 9.81. The molecule has 3 aliphatic rings. The number of carbonyl (C=O) groups excluding carboxylic acids is 5. The van der Waals surface area contributed by atoms with Gasteiger partial charge in [0, 0.05) is 20.8 Å². The molecule has 1 heterocycles. The van der Waals surface area contributed by atoms with Gasteiger partial charge in [0.15, 0.2) is 5.78 Å². The van der Waals surface area contributed by atoms with Crippen LogP contribution in [-0.2, 0) is 9.59 Å². The number of alkyl halides is 2. The SMILES string of the molecule is COc1cccc(C(=O)Oc2ccc(C(=O)CN(C(=O)c3ccc(Cl)c(Cl)c3)N3C(=O)[C@@H]4[C@H]5C[C@@H]([C@@H](Br)[C@H]5Br)[C@H]4C3=O)cc2)c1. The van der Waals surface area contributed by atoms with Crippen molar-refractivity contribution in [2.75, 3.05) is 13.7 Å². The van der Waals surface area contributed by atoms with E-state index in [-0.39, 0.29) is 54.0 Å². The number of esters is 1. The van der Waals surface area contributed by atoms with E-state index >= 15 is 0 Å². The highest BCUT2D eigenvalue weighted by atomic mass is 79.9. The van der Waals surface area contributed by atoms with Crippen LogP contribution in [0, 0.1) is 23.7 Å². The minimum atomic E-state index is -0.759. The molecule has 2 aliphatic carbocycles. The number of hydrazine groups is 1. The summed E-state index contributed by atoms with van der Waals surface area (Å²) in [6.45, 7) is -0.607. The van der Waals surface area contributed by atoms with Crippen LogP contribution in [-0.4, -0.2) is 62.8 Å². The van der Waals surface area contributed by atoms with Crippen LogP contribution in [0.3, 0.4) is 0 Å². The van der Waals surface area contributed by atoms with Gasteiger partial charge in [-0.15, -0.1) is 0 Å². The van der Waals surface area contributed by atoms with Gasteiger partial charge in [-0.25, -0.2) is 9.80 Å². The van der Waals surface area contributed by atoms with Crippen LogP contribution in [0.5, 0.6) is 11.5 Å². The third-order valence-corrected chi connectivity index (χ3v) is 12.5. The number of Topliss-reactive ketones (excluding diaryl/α,β-unsaturated/α-hetero) is 1. The molecule has 3 aromatic rings. The minimum Gasteiger partial charge on any atom is -0.497 e. The number of hydrogen-bond acceptors (Lipinski definition) is 7. The minimum absolute atomic E-state index is 0.00200. The molecule has 3 aromatic carbocycles. The number of benzene rings is 3. The van der Waals surface area contributed by atoms with Crippen molar-refractivity contribution >= 4 is 84.5 Å². The van der Waals surface area contributed by atoms with E-state index in [0.717, 1.165) is 10.0 Å². The summed E-state index contributed by atoms with van der Waals surface area (Å²) in [5.74, 6) is -3.64. The number of rotatable bonds is 8. The summed E-state index contributed by atoms with van der Waals surface area (Å²) in [6.07, 6.45) is 0.709. The molecule has 0 N–H and O–H groups in total. The topological polar surface area (TPSA) is 110 Å². The second-order valence-electron chi connectivity index (χ2n) is 11.1. The van der Waals surface area contributed by atoms with Crippen molar-refractivity contribution in [2.24, 2.45) is 23.7 Å². The standard InChI is InChI=1S/C32H24Br2Cl2N2O7/c1-44-19-4-2-3-17(11-19)32(43)45-18-8-5-15(6-9-18)24(39)14-37(29(40)16-7-10-22(35)23(36)12-16)38-30(41)25-20-13-21(26(25)31(38)42)28(34)27(20)33/h2-12,20-21,25-28H,13-14H2,1H3/t20-,21-,25-,26-,27-,28+/m1/s1. The van der Waals surface area contributed by atoms with E-state index < -0.39 is 47.9 Å². The zero-order valence-electron chi connectivity index (χ0n) is 23.5. The van der Waals surface area contributed by atoms with E-state index in [1.165, 1.54) is 55.6 Å². The molecule has 1 saturated heterocycles. The summed E-state index contributed by atoms with van der Waals surface area (Å²) in [5, 5.41) is 2.06. The molecule has 6 rings (SSSR count). The number of fused-ring (bicyclic) bond motifs is 5. The fourth-order valence-electron chi connectivity index (χ4n) is 6.43. The number of hydrogen-bond donors (Lipinski definition) is 0. The first-order valence-electron chi connectivity index (χ1n) is 13.9. The van der Waals surface area contributed by atoms with Crippen LogP contribution < -0.4 is 9.47 Å². The Labute approximate surface area is 285 Å². The molecule has 232 valence electrons.